The van der Waals surface area contributed by atoms with Crippen LogP contribution >= 0.6 is 11.3 Å². The molecule has 0 aliphatic carbocycles. The third-order valence-electron chi connectivity index (χ3n) is 4.72. The molecule has 4 rings (SSSR count). The molecule has 33 heavy (non-hydrogen) atoms. The Morgan fingerprint density at radius 3 is 2.33 bits per heavy atom. The minimum atomic E-state index is -4.77. The maximum Gasteiger partial charge on any atom is 0.573 e. The number of nitrogens with one attached hydrogen (secondary N) is 1. The number of aromatic carboxylic acids is 1. The molecule has 0 saturated carbocycles. The third-order valence-corrected chi connectivity index (χ3v) is 5.61. The number of hydrogen-bond donors (Lipinski definition) is 3. The predicted molar refractivity (Wildman–Crippen MR) is 117 cm³/mol. The van der Waals surface area contributed by atoms with E-state index in [1.54, 1.807) is 41.8 Å². The van der Waals surface area contributed by atoms with Gasteiger partial charge in [0, 0.05) is 22.1 Å². The first kappa shape index (κ1) is 22.3. The number of ether oxygens (including phenoxy) is 1. The van der Waals surface area contributed by atoms with Gasteiger partial charge in [-0.05, 0) is 42.0 Å². The lowest BCUT2D eigenvalue weighted by atomic mass is 9.96. The smallest absolute Gasteiger partial charge is 0.478 e. The van der Waals surface area contributed by atoms with Gasteiger partial charge in [0.15, 0.2) is 0 Å². The Morgan fingerprint density at radius 2 is 1.67 bits per heavy atom. The van der Waals surface area contributed by atoms with Gasteiger partial charge in [-0.15, -0.1) is 24.5 Å². The molecule has 10 heteroatoms. The van der Waals surface area contributed by atoms with E-state index >= 15 is 0 Å². The molecule has 168 valence electrons. The molecule has 6 nitrogen and oxygen atoms in total. The number of thiazole rings is 1. The summed E-state index contributed by atoms with van der Waals surface area (Å²) in [6.45, 7) is 0. The highest BCUT2D eigenvalue weighted by molar-refractivity contribution is 7.13. The summed E-state index contributed by atoms with van der Waals surface area (Å²) in [5, 5.41) is 21.4. The molecule has 0 atom stereocenters. The molecular formula is C23H15F3N2O4S. The van der Waals surface area contributed by atoms with Crippen molar-refractivity contribution in [1.82, 2.24) is 4.98 Å². The third kappa shape index (κ3) is 4.97. The van der Waals surface area contributed by atoms with Crippen molar-refractivity contribution in [3.05, 3.63) is 77.7 Å². The van der Waals surface area contributed by atoms with Gasteiger partial charge in [0.05, 0.1) is 16.9 Å². The molecule has 1 heterocycles. The largest absolute Gasteiger partial charge is 0.573 e. The molecule has 4 aromatic rings. The van der Waals surface area contributed by atoms with Crippen LogP contribution in [0.2, 0.25) is 0 Å². The molecule has 0 aliphatic rings. The summed E-state index contributed by atoms with van der Waals surface area (Å²) in [6, 6.07) is 16.9. The van der Waals surface area contributed by atoms with Crippen LogP contribution in [0, 0.1) is 0 Å². The van der Waals surface area contributed by atoms with E-state index in [9.17, 15) is 28.3 Å². The zero-order chi connectivity index (χ0) is 23.6. The number of rotatable bonds is 6. The molecular weight excluding hydrogens is 457 g/mol. The number of carbonyl (C=O) groups is 1. The number of carboxylic acids is 1. The van der Waals surface area contributed by atoms with Crippen molar-refractivity contribution in [2.24, 2.45) is 0 Å². The number of halogens is 3. The molecule has 3 N–H and O–H groups in total. The number of hydrogen-bond acceptors (Lipinski definition) is 6. The first-order valence-electron chi connectivity index (χ1n) is 9.44. The SMILES string of the molecule is O=C(O)c1cc(-c2nc(-c3ccc(OC(F)(F)F)cc3)cs2)ccc1-c1ccccc1NO. The van der Waals surface area contributed by atoms with Crippen LogP contribution in [0.5, 0.6) is 5.75 Å². The van der Waals surface area contributed by atoms with E-state index in [1.807, 2.05) is 0 Å². The Labute approximate surface area is 189 Å². The average molecular weight is 472 g/mol. The van der Waals surface area contributed by atoms with Crippen LogP contribution in [0.15, 0.2) is 72.1 Å². The van der Waals surface area contributed by atoms with Gasteiger partial charge in [-0.25, -0.2) is 9.78 Å². The van der Waals surface area contributed by atoms with Crippen molar-refractivity contribution in [2.75, 3.05) is 5.48 Å². The highest BCUT2D eigenvalue weighted by atomic mass is 32.1. The Kier molecular flexibility index (Phi) is 6.03. The van der Waals surface area contributed by atoms with Crippen molar-refractivity contribution in [1.29, 1.82) is 0 Å². The average Bonchev–Trinajstić information content (AvgIpc) is 3.28. The fourth-order valence-electron chi connectivity index (χ4n) is 3.27. The summed E-state index contributed by atoms with van der Waals surface area (Å²) in [5.74, 6) is -1.47. The van der Waals surface area contributed by atoms with Crippen LogP contribution in [0.25, 0.3) is 33.0 Å². The second kappa shape index (κ2) is 8.93. The molecule has 0 saturated heterocycles. The highest BCUT2D eigenvalue weighted by Gasteiger charge is 2.31. The zero-order valence-corrected chi connectivity index (χ0v) is 17.4. The van der Waals surface area contributed by atoms with Gasteiger partial charge in [-0.3, -0.25) is 10.7 Å². The van der Waals surface area contributed by atoms with Gasteiger partial charge in [-0.2, -0.15) is 0 Å². The first-order chi connectivity index (χ1) is 15.7. The molecule has 3 aromatic carbocycles. The first-order valence-corrected chi connectivity index (χ1v) is 10.3. The summed E-state index contributed by atoms with van der Waals surface area (Å²) in [6.07, 6.45) is -4.77. The van der Waals surface area contributed by atoms with Crippen LogP contribution < -0.4 is 10.2 Å². The molecule has 1 aromatic heterocycles. The van der Waals surface area contributed by atoms with Gasteiger partial charge in [0.2, 0.25) is 0 Å². The minimum Gasteiger partial charge on any atom is -0.478 e. The number of alkyl halides is 3. The second-order valence-electron chi connectivity index (χ2n) is 6.83. The van der Waals surface area contributed by atoms with Gasteiger partial charge in [-0.1, -0.05) is 30.3 Å². The number of nitrogens with zero attached hydrogens (tertiary/aromatic N) is 1. The van der Waals surface area contributed by atoms with Crippen molar-refractivity contribution < 1.29 is 33.0 Å². The van der Waals surface area contributed by atoms with Crippen molar-refractivity contribution in [3.63, 3.8) is 0 Å². The summed E-state index contributed by atoms with van der Waals surface area (Å²) < 4.78 is 40.9. The topological polar surface area (TPSA) is 91.7 Å². The van der Waals surface area contributed by atoms with E-state index in [2.05, 4.69) is 15.2 Å². The maximum atomic E-state index is 12.3. The van der Waals surface area contributed by atoms with Gasteiger partial charge >= 0.3 is 12.3 Å². The number of para-hydroxylation sites is 1. The number of anilines is 1. The summed E-state index contributed by atoms with van der Waals surface area (Å²) >= 11 is 1.27. The predicted octanol–water partition coefficient (Wildman–Crippen LogP) is 6.54. The van der Waals surface area contributed by atoms with E-state index in [0.29, 0.717) is 38.6 Å². The lowest BCUT2D eigenvalue weighted by molar-refractivity contribution is -0.274. The molecule has 0 amide bonds. The molecule has 0 spiro atoms. The summed E-state index contributed by atoms with van der Waals surface area (Å²) in [7, 11) is 0. The van der Waals surface area contributed by atoms with Crippen LogP contribution in [0.1, 0.15) is 10.4 Å². The second-order valence-corrected chi connectivity index (χ2v) is 7.69. The maximum absolute atomic E-state index is 12.3. The van der Waals surface area contributed by atoms with E-state index in [4.69, 9.17) is 0 Å². The number of carboxylic acid groups (broad SMARTS) is 1. The molecule has 0 fully saturated rings. The van der Waals surface area contributed by atoms with E-state index < -0.39 is 12.3 Å². The zero-order valence-electron chi connectivity index (χ0n) is 16.6. The van der Waals surface area contributed by atoms with Crippen molar-refractivity contribution in [2.45, 2.75) is 6.36 Å². The van der Waals surface area contributed by atoms with Crippen LogP contribution in [-0.4, -0.2) is 27.6 Å². The van der Waals surface area contributed by atoms with E-state index in [-0.39, 0.29) is 11.3 Å². The minimum absolute atomic E-state index is 0.0283. The van der Waals surface area contributed by atoms with Crippen molar-refractivity contribution >= 4 is 23.0 Å². The van der Waals surface area contributed by atoms with Crippen LogP contribution in [0.4, 0.5) is 18.9 Å². The molecule has 0 unspecified atom stereocenters. The fourth-order valence-corrected chi connectivity index (χ4v) is 4.10. The number of aromatic nitrogens is 1. The van der Waals surface area contributed by atoms with Gasteiger partial charge in [0.25, 0.3) is 0 Å². The van der Waals surface area contributed by atoms with E-state index in [0.717, 1.165) is 0 Å². The van der Waals surface area contributed by atoms with Crippen LogP contribution in [-0.2, 0) is 0 Å². The summed E-state index contributed by atoms with van der Waals surface area (Å²) in [5.41, 5.74) is 5.09. The molecule has 0 radical (unpaired) electrons. The lowest BCUT2D eigenvalue weighted by Gasteiger charge is -2.12. The van der Waals surface area contributed by atoms with Crippen LogP contribution in [0.3, 0.4) is 0 Å². The summed E-state index contributed by atoms with van der Waals surface area (Å²) in [4.78, 5) is 16.4. The highest BCUT2D eigenvalue weighted by Crippen LogP contribution is 2.35. The Bertz CT molecular complexity index is 1300. The monoisotopic (exact) mass is 472 g/mol. The molecule has 0 aliphatic heterocycles. The van der Waals surface area contributed by atoms with Crippen molar-refractivity contribution in [3.8, 4) is 38.7 Å². The Hall–Kier alpha value is -3.89. The molecule has 0 bridgehead atoms. The Balaban J connectivity index is 1.66. The fraction of sp³-hybridized carbons (Fsp3) is 0.0435. The van der Waals surface area contributed by atoms with Gasteiger partial charge in [0.1, 0.15) is 10.8 Å². The Morgan fingerprint density at radius 1 is 0.970 bits per heavy atom. The lowest BCUT2D eigenvalue weighted by Crippen LogP contribution is -2.16. The van der Waals surface area contributed by atoms with E-state index in [1.165, 1.54) is 41.7 Å². The van der Waals surface area contributed by atoms with Gasteiger partial charge < -0.3 is 9.84 Å². The normalized spacial score (nSPS) is 11.3. The quantitative estimate of drug-likeness (QED) is 0.276. The standard InChI is InChI=1S/C23H15F3N2O4S/c24-23(25,26)32-15-8-5-13(6-9-15)20-12-33-21(27-20)14-7-10-16(18(11-14)22(29)30)17-3-1-2-4-19(17)28-31/h1-12,28,31H,(H,29,30). The number of benzene rings is 3.